The van der Waals surface area contributed by atoms with Crippen LogP contribution in [0.3, 0.4) is 0 Å². The highest BCUT2D eigenvalue weighted by Gasteiger charge is 2.44. The van der Waals surface area contributed by atoms with Crippen molar-refractivity contribution in [3.05, 3.63) is 177 Å². The van der Waals surface area contributed by atoms with Gasteiger partial charge in [0.05, 0.1) is 0 Å². The van der Waals surface area contributed by atoms with Gasteiger partial charge in [-0.1, -0.05) is 132 Å². The van der Waals surface area contributed by atoms with Crippen LogP contribution in [0.2, 0.25) is 0 Å². The predicted molar refractivity (Wildman–Crippen MR) is 232 cm³/mol. The lowest BCUT2D eigenvalue weighted by atomic mass is 9.73. The fraction of sp³-hybridized carbons (Fsp3) is 0.308. The Balaban J connectivity index is 1.22. The van der Waals surface area contributed by atoms with E-state index < -0.39 is 10.8 Å². The molecule has 0 atom stereocenters. The topological polar surface area (TPSA) is 46.9 Å². The molecule has 8 rings (SSSR count). The number of fused-ring (bicyclic) bond motifs is 6. The minimum atomic E-state index is -0.512. The van der Waals surface area contributed by atoms with Gasteiger partial charge in [0.15, 0.2) is 0 Å². The van der Waals surface area contributed by atoms with Gasteiger partial charge in [0.2, 0.25) is 0 Å². The molecule has 0 saturated heterocycles. The number of phenols is 2. The molecule has 0 fully saturated rings. The lowest BCUT2D eigenvalue weighted by Gasteiger charge is -2.35. The number of hydrogen-bond donors (Lipinski definition) is 2. The molecule has 0 spiro atoms. The molecule has 4 heteroatoms. The monoisotopic (exact) mass is 740 g/mol. The first kappa shape index (κ1) is 37.7. The van der Waals surface area contributed by atoms with Crippen LogP contribution in [-0.2, 0) is 23.9 Å². The summed E-state index contributed by atoms with van der Waals surface area (Å²) in [6, 6.07) is 44.0. The molecule has 6 aromatic rings. The van der Waals surface area contributed by atoms with Crippen LogP contribution in [0.15, 0.2) is 121 Å². The first-order chi connectivity index (χ1) is 26.8. The third kappa shape index (κ3) is 6.06. The van der Waals surface area contributed by atoms with Crippen LogP contribution in [0, 0.1) is 13.8 Å². The van der Waals surface area contributed by atoms with Gasteiger partial charge in [0.1, 0.15) is 11.5 Å². The molecule has 0 aromatic heterocycles. The molecular weight excluding hydrogens is 685 g/mol. The zero-order valence-corrected chi connectivity index (χ0v) is 34.3. The summed E-state index contributed by atoms with van der Waals surface area (Å²) in [6.07, 6.45) is 0. The van der Waals surface area contributed by atoms with Crippen LogP contribution < -0.4 is 0 Å². The molecule has 6 aromatic carbocycles. The van der Waals surface area contributed by atoms with Crippen LogP contribution in [0.1, 0.15) is 97.2 Å². The zero-order valence-electron chi connectivity index (χ0n) is 34.3. The maximum absolute atomic E-state index is 12.5. The van der Waals surface area contributed by atoms with E-state index in [1.165, 1.54) is 44.5 Å². The molecule has 56 heavy (non-hydrogen) atoms. The third-order valence-electron chi connectivity index (χ3n) is 13.0. The smallest absolute Gasteiger partial charge is 0.124 e. The fourth-order valence-corrected chi connectivity index (χ4v) is 10.3. The summed E-state index contributed by atoms with van der Waals surface area (Å²) < 4.78 is 0. The van der Waals surface area contributed by atoms with E-state index in [4.69, 9.17) is 0 Å². The van der Waals surface area contributed by atoms with Crippen LogP contribution in [-0.4, -0.2) is 45.2 Å². The Kier molecular flexibility index (Phi) is 9.71. The first-order valence-corrected chi connectivity index (χ1v) is 20.4. The van der Waals surface area contributed by atoms with Crippen molar-refractivity contribution in [3.8, 4) is 33.8 Å². The van der Waals surface area contributed by atoms with E-state index >= 15 is 0 Å². The summed E-state index contributed by atoms with van der Waals surface area (Å²) in [7, 11) is 0. The maximum atomic E-state index is 12.5. The van der Waals surface area contributed by atoms with E-state index in [-0.39, 0.29) is 0 Å². The molecule has 0 amide bonds. The van der Waals surface area contributed by atoms with E-state index in [0.717, 1.165) is 46.5 Å². The normalized spacial score (nSPS) is 14.7. The first-order valence-electron chi connectivity index (χ1n) is 20.4. The third-order valence-corrected chi connectivity index (χ3v) is 13.0. The van der Waals surface area contributed by atoms with Crippen LogP contribution >= 0.6 is 0 Å². The Morgan fingerprint density at radius 2 is 0.786 bits per heavy atom. The highest BCUT2D eigenvalue weighted by Crippen LogP contribution is 2.56. The Morgan fingerprint density at radius 3 is 1.11 bits per heavy atom. The molecule has 4 nitrogen and oxygen atoms in total. The van der Waals surface area contributed by atoms with E-state index in [1.807, 2.05) is 0 Å². The van der Waals surface area contributed by atoms with Gasteiger partial charge < -0.3 is 10.2 Å². The Labute approximate surface area is 334 Å². The summed E-state index contributed by atoms with van der Waals surface area (Å²) in [4.78, 5) is 4.95. The number of hydrogen-bond acceptors (Lipinski definition) is 4. The van der Waals surface area contributed by atoms with Gasteiger partial charge in [-0.25, -0.2) is 0 Å². The molecule has 0 unspecified atom stereocenters. The molecule has 2 aliphatic rings. The molecule has 2 N–H and O–H groups in total. The van der Waals surface area contributed by atoms with Gasteiger partial charge in [-0.15, -0.1) is 0 Å². The number of aryl methyl sites for hydroxylation is 2. The molecule has 0 saturated carbocycles. The van der Waals surface area contributed by atoms with E-state index in [2.05, 4.69) is 187 Å². The van der Waals surface area contributed by atoms with Gasteiger partial charge in [-0.2, -0.15) is 0 Å². The number of rotatable bonds is 11. The number of benzene rings is 6. The molecule has 0 aliphatic heterocycles. The van der Waals surface area contributed by atoms with Crippen molar-refractivity contribution in [1.82, 2.24) is 9.80 Å². The maximum Gasteiger partial charge on any atom is 0.124 e. The largest absolute Gasteiger partial charge is 0.507 e. The molecular formula is C52H56N2O2. The van der Waals surface area contributed by atoms with Crippen molar-refractivity contribution in [1.29, 1.82) is 0 Å². The van der Waals surface area contributed by atoms with Gasteiger partial charge in [0.25, 0.3) is 0 Å². The standard InChI is InChI=1S/C52H56N2O2/c1-33(2)54(34(3)4)26-25-53(31-37-27-35(5)29-47(49(37)55)51(7)43-21-13-9-17-39(43)40-18-10-14-22-44(40)51)32-38-28-36(6)30-48(50(38)56)52(8)45-23-15-11-19-41(45)42-20-12-16-24-46(42)52/h9-24,27-30,33-34,55-56H,25-26,31-32H2,1-8H3. The average Bonchev–Trinajstić information content (AvgIpc) is 3.60. The second-order valence-electron chi connectivity index (χ2n) is 17.2. The van der Waals surface area contributed by atoms with Crippen molar-refractivity contribution >= 4 is 0 Å². The van der Waals surface area contributed by atoms with Gasteiger partial charge in [-0.05, 0) is 99.9 Å². The molecule has 0 radical (unpaired) electrons. The van der Waals surface area contributed by atoms with Crippen LogP contribution in [0.25, 0.3) is 22.3 Å². The average molecular weight is 741 g/mol. The Morgan fingerprint density at radius 1 is 0.464 bits per heavy atom. The van der Waals surface area contributed by atoms with Crippen molar-refractivity contribution in [2.45, 2.75) is 91.4 Å². The van der Waals surface area contributed by atoms with Crippen molar-refractivity contribution < 1.29 is 10.2 Å². The van der Waals surface area contributed by atoms with E-state index in [9.17, 15) is 10.2 Å². The Bertz CT molecular complexity index is 2180. The molecule has 2 aliphatic carbocycles. The molecule has 286 valence electrons. The summed E-state index contributed by atoms with van der Waals surface area (Å²) in [5, 5.41) is 25.0. The Hall–Kier alpha value is -5.16. The molecule has 0 heterocycles. The van der Waals surface area contributed by atoms with Gasteiger partial charge in [0, 0.05) is 71.3 Å². The van der Waals surface area contributed by atoms with E-state index in [0.29, 0.717) is 36.7 Å². The SMILES string of the molecule is Cc1cc(CN(CCN(C(C)C)C(C)C)Cc2cc(C)cc(C3(C)c4ccccc4-c4ccccc43)c2O)c(O)c(C2(C)c3ccccc3-c3ccccc32)c1. The fourth-order valence-electron chi connectivity index (χ4n) is 10.3. The van der Waals surface area contributed by atoms with Gasteiger partial charge >= 0.3 is 0 Å². The van der Waals surface area contributed by atoms with E-state index in [1.54, 1.807) is 0 Å². The summed E-state index contributed by atoms with van der Waals surface area (Å²) >= 11 is 0. The highest BCUT2D eigenvalue weighted by atomic mass is 16.3. The number of aromatic hydroxyl groups is 2. The van der Waals surface area contributed by atoms with Crippen molar-refractivity contribution in [2.75, 3.05) is 13.1 Å². The van der Waals surface area contributed by atoms with Gasteiger partial charge in [-0.3, -0.25) is 9.80 Å². The highest BCUT2D eigenvalue weighted by molar-refractivity contribution is 5.85. The number of nitrogens with zero attached hydrogens (tertiary/aromatic N) is 2. The lowest BCUT2D eigenvalue weighted by Crippen LogP contribution is -2.42. The second-order valence-corrected chi connectivity index (χ2v) is 17.2. The lowest BCUT2D eigenvalue weighted by molar-refractivity contribution is 0.136. The predicted octanol–water partition coefficient (Wildman–Crippen LogP) is 11.5. The van der Waals surface area contributed by atoms with Crippen LogP contribution in [0.4, 0.5) is 0 Å². The molecule has 0 bridgehead atoms. The van der Waals surface area contributed by atoms with Crippen molar-refractivity contribution in [3.63, 3.8) is 0 Å². The quantitative estimate of drug-likeness (QED) is 0.139. The zero-order chi connectivity index (χ0) is 39.5. The summed E-state index contributed by atoms with van der Waals surface area (Å²) in [6.45, 7) is 20.6. The minimum Gasteiger partial charge on any atom is -0.507 e. The van der Waals surface area contributed by atoms with Crippen molar-refractivity contribution in [2.24, 2.45) is 0 Å². The summed E-state index contributed by atoms with van der Waals surface area (Å²) in [5.41, 5.74) is 14.7. The van der Waals surface area contributed by atoms with Crippen LogP contribution in [0.5, 0.6) is 11.5 Å². The second kappa shape index (κ2) is 14.4. The number of phenolic OH excluding ortho intramolecular Hbond substituents is 2. The minimum absolute atomic E-state index is 0.347. The summed E-state index contributed by atoms with van der Waals surface area (Å²) in [5.74, 6) is 0.694.